The van der Waals surface area contributed by atoms with E-state index in [1.165, 1.54) is 0 Å². The standard InChI is InChI=1S/C6H8O2S/c7-6-5-9-4-2-1-3-8-6/h1-2H,3-5H2/b2-1-. The Balaban J connectivity index is 2.35. The number of hydrogen-bond acceptors (Lipinski definition) is 3. The molecule has 0 saturated heterocycles. The smallest absolute Gasteiger partial charge is 0.316 e. The maximum Gasteiger partial charge on any atom is 0.316 e. The number of carbonyl (C=O) groups is 1. The van der Waals surface area contributed by atoms with Crippen molar-refractivity contribution in [1.29, 1.82) is 0 Å². The highest BCUT2D eigenvalue weighted by Crippen LogP contribution is 2.03. The van der Waals surface area contributed by atoms with E-state index < -0.39 is 0 Å². The molecule has 0 atom stereocenters. The van der Waals surface area contributed by atoms with E-state index in [1.807, 2.05) is 12.2 Å². The zero-order valence-electron chi connectivity index (χ0n) is 5.00. The van der Waals surface area contributed by atoms with Gasteiger partial charge >= 0.3 is 5.97 Å². The van der Waals surface area contributed by atoms with Crippen molar-refractivity contribution in [3.8, 4) is 0 Å². The van der Waals surface area contributed by atoms with Gasteiger partial charge in [0.25, 0.3) is 0 Å². The molecule has 1 heterocycles. The monoisotopic (exact) mass is 144 g/mol. The van der Waals surface area contributed by atoms with Crippen LogP contribution < -0.4 is 0 Å². The largest absolute Gasteiger partial charge is 0.461 e. The zero-order valence-corrected chi connectivity index (χ0v) is 5.82. The van der Waals surface area contributed by atoms with Crippen LogP contribution in [0.1, 0.15) is 0 Å². The number of hydrogen-bond donors (Lipinski definition) is 0. The summed E-state index contributed by atoms with van der Waals surface area (Å²) in [4.78, 5) is 10.6. The lowest BCUT2D eigenvalue weighted by Crippen LogP contribution is -2.09. The van der Waals surface area contributed by atoms with Crippen LogP contribution in [0.3, 0.4) is 0 Å². The summed E-state index contributed by atoms with van der Waals surface area (Å²) in [5, 5.41) is 0. The molecule has 0 spiro atoms. The molecule has 0 unspecified atom stereocenters. The van der Waals surface area contributed by atoms with Crippen LogP contribution in [-0.2, 0) is 9.53 Å². The summed E-state index contributed by atoms with van der Waals surface area (Å²) in [5.74, 6) is 1.31. The van der Waals surface area contributed by atoms with E-state index in [9.17, 15) is 4.79 Å². The van der Waals surface area contributed by atoms with Gasteiger partial charge in [-0.15, -0.1) is 11.8 Å². The van der Waals surface area contributed by atoms with E-state index in [0.29, 0.717) is 12.4 Å². The molecule has 0 saturated carbocycles. The quantitative estimate of drug-likeness (QED) is 0.372. The summed E-state index contributed by atoms with van der Waals surface area (Å²) in [6, 6.07) is 0. The Morgan fingerprint density at radius 2 is 2.44 bits per heavy atom. The molecule has 0 radical (unpaired) electrons. The van der Waals surface area contributed by atoms with Gasteiger partial charge in [0.1, 0.15) is 6.61 Å². The Hall–Kier alpha value is -0.440. The van der Waals surface area contributed by atoms with Gasteiger partial charge in [0.15, 0.2) is 0 Å². The van der Waals surface area contributed by atoms with Crippen molar-refractivity contribution in [2.24, 2.45) is 0 Å². The minimum absolute atomic E-state index is 0.107. The Labute approximate surface area is 58.3 Å². The van der Waals surface area contributed by atoms with Crippen molar-refractivity contribution in [2.75, 3.05) is 18.1 Å². The second-order valence-electron chi connectivity index (χ2n) is 1.67. The van der Waals surface area contributed by atoms with Gasteiger partial charge in [0.05, 0.1) is 5.75 Å². The van der Waals surface area contributed by atoms with Crippen LogP contribution in [-0.4, -0.2) is 24.1 Å². The van der Waals surface area contributed by atoms with E-state index in [0.717, 1.165) is 5.75 Å². The Kier molecular flexibility index (Phi) is 2.64. The van der Waals surface area contributed by atoms with Gasteiger partial charge in [-0.2, -0.15) is 0 Å². The van der Waals surface area contributed by atoms with Gasteiger partial charge in [0.2, 0.25) is 0 Å². The van der Waals surface area contributed by atoms with E-state index in [4.69, 9.17) is 4.74 Å². The molecule has 0 amide bonds. The number of esters is 1. The minimum Gasteiger partial charge on any atom is -0.461 e. The second kappa shape index (κ2) is 3.56. The highest BCUT2D eigenvalue weighted by atomic mass is 32.2. The third kappa shape index (κ3) is 2.56. The van der Waals surface area contributed by atoms with Crippen molar-refractivity contribution < 1.29 is 9.53 Å². The van der Waals surface area contributed by atoms with Crippen LogP contribution in [0.2, 0.25) is 0 Å². The molecular formula is C6H8O2S. The molecule has 0 aromatic rings. The van der Waals surface area contributed by atoms with Gasteiger partial charge in [-0.1, -0.05) is 12.2 Å². The summed E-state index contributed by atoms with van der Waals surface area (Å²) in [6.07, 6.45) is 3.88. The van der Waals surface area contributed by atoms with Gasteiger partial charge in [-0.3, -0.25) is 4.79 Å². The van der Waals surface area contributed by atoms with E-state index >= 15 is 0 Å². The van der Waals surface area contributed by atoms with Gasteiger partial charge in [-0.25, -0.2) is 0 Å². The molecule has 9 heavy (non-hydrogen) atoms. The molecule has 0 aromatic carbocycles. The van der Waals surface area contributed by atoms with Gasteiger partial charge in [-0.05, 0) is 0 Å². The molecule has 0 fully saturated rings. The third-order valence-corrected chi connectivity index (χ3v) is 1.81. The van der Waals surface area contributed by atoms with Crippen molar-refractivity contribution in [1.82, 2.24) is 0 Å². The first-order chi connectivity index (χ1) is 4.39. The molecule has 0 aliphatic carbocycles. The highest BCUT2D eigenvalue weighted by molar-refractivity contribution is 8.00. The Morgan fingerprint density at radius 1 is 1.56 bits per heavy atom. The lowest BCUT2D eigenvalue weighted by atomic mass is 10.5. The first-order valence-electron chi connectivity index (χ1n) is 2.78. The molecule has 3 heteroatoms. The van der Waals surface area contributed by atoms with Crippen molar-refractivity contribution in [3.63, 3.8) is 0 Å². The number of carbonyl (C=O) groups excluding carboxylic acids is 1. The zero-order chi connectivity index (χ0) is 6.53. The molecule has 0 N–H and O–H groups in total. The highest BCUT2D eigenvalue weighted by Gasteiger charge is 2.01. The summed E-state index contributed by atoms with van der Waals surface area (Å²) in [6.45, 7) is 0.444. The fourth-order valence-corrected chi connectivity index (χ4v) is 1.17. The summed E-state index contributed by atoms with van der Waals surface area (Å²) in [7, 11) is 0. The number of rotatable bonds is 0. The average Bonchev–Trinajstić information content (AvgIpc) is 1.79. The van der Waals surface area contributed by atoms with Crippen molar-refractivity contribution >= 4 is 17.7 Å². The Morgan fingerprint density at radius 3 is 3.33 bits per heavy atom. The van der Waals surface area contributed by atoms with Crippen LogP contribution in [0.4, 0.5) is 0 Å². The fourth-order valence-electron chi connectivity index (χ4n) is 0.529. The predicted octanol–water partition coefficient (Wildman–Crippen LogP) is 0.833. The van der Waals surface area contributed by atoms with Gasteiger partial charge < -0.3 is 4.74 Å². The summed E-state index contributed by atoms with van der Waals surface area (Å²) in [5.41, 5.74) is 0. The Bertz CT molecular complexity index is 131. The third-order valence-electron chi connectivity index (χ3n) is 0.941. The van der Waals surface area contributed by atoms with Crippen LogP contribution in [0, 0.1) is 0 Å². The molecule has 2 nitrogen and oxygen atoms in total. The fraction of sp³-hybridized carbons (Fsp3) is 0.500. The second-order valence-corrected chi connectivity index (χ2v) is 2.70. The summed E-state index contributed by atoms with van der Waals surface area (Å²) >= 11 is 1.58. The maximum atomic E-state index is 10.6. The number of cyclic esters (lactones) is 1. The van der Waals surface area contributed by atoms with Crippen molar-refractivity contribution in [2.45, 2.75) is 0 Å². The lowest BCUT2D eigenvalue weighted by molar-refractivity contribution is -0.139. The van der Waals surface area contributed by atoms with Crippen LogP contribution in [0.25, 0.3) is 0 Å². The van der Waals surface area contributed by atoms with Crippen LogP contribution in [0.15, 0.2) is 12.2 Å². The van der Waals surface area contributed by atoms with Gasteiger partial charge in [0, 0.05) is 5.75 Å². The van der Waals surface area contributed by atoms with Crippen molar-refractivity contribution in [3.05, 3.63) is 12.2 Å². The number of ether oxygens (including phenoxy) is 1. The first kappa shape index (κ1) is 6.68. The minimum atomic E-state index is -0.107. The molecular weight excluding hydrogens is 136 g/mol. The van der Waals surface area contributed by atoms with Crippen LogP contribution in [0.5, 0.6) is 0 Å². The normalized spacial score (nSPS) is 23.8. The lowest BCUT2D eigenvalue weighted by Gasteiger charge is -2.02. The van der Waals surface area contributed by atoms with E-state index in [1.54, 1.807) is 11.8 Å². The molecule has 1 rings (SSSR count). The molecule has 0 aromatic heterocycles. The van der Waals surface area contributed by atoms with E-state index in [-0.39, 0.29) is 5.97 Å². The van der Waals surface area contributed by atoms with Crippen LogP contribution >= 0.6 is 11.8 Å². The molecule has 1 aliphatic heterocycles. The van der Waals surface area contributed by atoms with E-state index in [2.05, 4.69) is 0 Å². The number of thioether (sulfide) groups is 1. The molecule has 0 bridgehead atoms. The summed E-state index contributed by atoms with van der Waals surface area (Å²) < 4.78 is 4.74. The average molecular weight is 144 g/mol. The molecule has 50 valence electrons. The predicted molar refractivity (Wildman–Crippen MR) is 37.4 cm³/mol. The molecule has 1 aliphatic rings. The SMILES string of the molecule is O=C1CSC/C=C\CO1. The maximum absolute atomic E-state index is 10.6. The topological polar surface area (TPSA) is 26.3 Å². The first-order valence-corrected chi connectivity index (χ1v) is 3.93.